The summed E-state index contributed by atoms with van der Waals surface area (Å²) in [6.07, 6.45) is -0.145. The highest BCUT2D eigenvalue weighted by molar-refractivity contribution is 7.12. The number of thiophene rings is 1. The number of aryl methyl sites for hydroxylation is 1. The lowest BCUT2D eigenvalue weighted by atomic mass is 10.2. The highest BCUT2D eigenvalue weighted by atomic mass is 32.1. The van der Waals surface area contributed by atoms with Gasteiger partial charge in [-0.15, -0.1) is 11.3 Å². The van der Waals surface area contributed by atoms with Gasteiger partial charge in [0.2, 0.25) is 0 Å². The molecule has 5 nitrogen and oxygen atoms in total. The van der Waals surface area contributed by atoms with E-state index in [0.29, 0.717) is 37.8 Å². The molecule has 1 atom stereocenters. The molecule has 0 radical (unpaired) electrons. The summed E-state index contributed by atoms with van der Waals surface area (Å²) >= 11 is 1.46. The Kier molecular flexibility index (Phi) is 5.37. The summed E-state index contributed by atoms with van der Waals surface area (Å²) < 4.78 is 16.9. The average Bonchev–Trinajstić information content (AvgIpc) is 3.14. The van der Waals surface area contributed by atoms with Crippen molar-refractivity contribution in [1.82, 2.24) is 4.90 Å². The number of hydrogen-bond donors (Lipinski definition) is 0. The summed E-state index contributed by atoms with van der Waals surface area (Å²) in [5.41, 5.74) is 1.11. The zero-order chi connectivity index (χ0) is 16.9. The van der Waals surface area contributed by atoms with Crippen molar-refractivity contribution in [3.8, 4) is 11.5 Å². The van der Waals surface area contributed by atoms with E-state index in [4.69, 9.17) is 14.2 Å². The molecule has 6 heteroatoms. The molecule has 2 aromatic rings. The van der Waals surface area contributed by atoms with Crippen LogP contribution in [0.1, 0.15) is 15.2 Å². The number of carbonyl (C=O) groups excluding carboxylic acids is 1. The van der Waals surface area contributed by atoms with Gasteiger partial charge in [-0.2, -0.15) is 0 Å². The number of amides is 1. The second-order valence-corrected chi connectivity index (χ2v) is 6.63. The van der Waals surface area contributed by atoms with Crippen molar-refractivity contribution in [2.45, 2.75) is 13.0 Å². The van der Waals surface area contributed by atoms with E-state index in [-0.39, 0.29) is 12.0 Å². The van der Waals surface area contributed by atoms with E-state index in [1.165, 1.54) is 11.3 Å². The van der Waals surface area contributed by atoms with Crippen LogP contribution in [-0.2, 0) is 4.74 Å². The number of nitrogens with zero attached hydrogens (tertiary/aromatic N) is 1. The van der Waals surface area contributed by atoms with E-state index in [0.717, 1.165) is 10.4 Å². The smallest absolute Gasteiger partial charge is 0.264 e. The molecule has 1 amide bonds. The Morgan fingerprint density at radius 1 is 1.38 bits per heavy atom. The second kappa shape index (κ2) is 7.68. The molecule has 2 heterocycles. The number of methoxy groups -OCH3 is 1. The van der Waals surface area contributed by atoms with Crippen molar-refractivity contribution in [3.63, 3.8) is 0 Å². The maximum atomic E-state index is 12.4. The van der Waals surface area contributed by atoms with E-state index in [1.54, 1.807) is 7.11 Å². The van der Waals surface area contributed by atoms with Gasteiger partial charge in [0.15, 0.2) is 11.5 Å². The number of carbonyl (C=O) groups is 1. The summed E-state index contributed by atoms with van der Waals surface area (Å²) in [6.45, 7) is 4.06. The molecule has 1 fully saturated rings. The minimum absolute atomic E-state index is 0.0613. The Hall–Kier alpha value is -2.05. The first-order valence-corrected chi connectivity index (χ1v) is 8.77. The van der Waals surface area contributed by atoms with E-state index in [9.17, 15) is 4.79 Å². The topological polar surface area (TPSA) is 48.0 Å². The normalized spacial score (nSPS) is 17.6. The van der Waals surface area contributed by atoms with Crippen LogP contribution in [0.2, 0.25) is 0 Å². The van der Waals surface area contributed by atoms with Gasteiger partial charge in [-0.05, 0) is 36.1 Å². The lowest BCUT2D eigenvalue weighted by Crippen LogP contribution is -2.47. The molecule has 128 valence electrons. The second-order valence-electron chi connectivity index (χ2n) is 5.69. The molecule has 0 spiro atoms. The standard InChI is InChI=1S/C18H21NO4S/c1-13-5-6-15(16(10-13)21-2)23-12-14-11-19(7-8-22-14)18(20)17-4-3-9-24-17/h3-6,9-10,14H,7-8,11-12H2,1-2H3. The zero-order valence-corrected chi connectivity index (χ0v) is 14.7. The largest absolute Gasteiger partial charge is 0.493 e. The van der Waals surface area contributed by atoms with E-state index < -0.39 is 0 Å². The number of hydrogen-bond acceptors (Lipinski definition) is 5. The fourth-order valence-corrected chi connectivity index (χ4v) is 3.33. The third-order valence-corrected chi connectivity index (χ3v) is 4.76. The van der Waals surface area contributed by atoms with Crippen LogP contribution in [0.15, 0.2) is 35.7 Å². The zero-order valence-electron chi connectivity index (χ0n) is 13.9. The predicted octanol–water partition coefficient (Wildman–Crippen LogP) is 2.99. The van der Waals surface area contributed by atoms with Crippen molar-refractivity contribution in [2.75, 3.05) is 33.4 Å². The highest BCUT2D eigenvalue weighted by Gasteiger charge is 2.26. The summed E-state index contributed by atoms with van der Waals surface area (Å²) in [5, 5.41) is 1.91. The molecule has 0 saturated carbocycles. The molecule has 1 saturated heterocycles. The maximum Gasteiger partial charge on any atom is 0.264 e. The van der Waals surface area contributed by atoms with Crippen LogP contribution in [0.3, 0.4) is 0 Å². The van der Waals surface area contributed by atoms with Crippen molar-refractivity contribution in [1.29, 1.82) is 0 Å². The molecule has 1 unspecified atom stereocenters. The molecule has 1 aromatic carbocycles. The number of ether oxygens (including phenoxy) is 3. The first-order valence-electron chi connectivity index (χ1n) is 7.89. The fraction of sp³-hybridized carbons (Fsp3) is 0.389. The van der Waals surface area contributed by atoms with Crippen molar-refractivity contribution < 1.29 is 19.0 Å². The molecule has 24 heavy (non-hydrogen) atoms. The third-order valence-electron chi connectivity index (χ3n) is 3.90. The first kappa shape index (κ1) is 16.8. The minimum Gasteiger partial charge on any atom is -0.493 e. The third kappa shape index (κ3) is 3.88. The Labute approximate surface area is 145 Å². The minimum atomic E-state index is -0.145. The van der Waals surface area contributed by atoms with Crippen LogP contribution in [0, 0.1) is 6.92 Å². The molecule has 1 aliphatic heterocycles. The van der Waals surface area contributed by atoms with E-state index >= 15 is 0 Å². The van der Waals surface area contributed by atoms with Gasteiger partial charge in [-0.3, -0.25) is 4.79 Å². The molecule has 0 bridgehead atoms. The van der Waals surface area contributed by atoms with Gasteiger partial charge in [-0.25, -0.2) is 0 Å². The Morgan fingerprint density at radius 3 is 3.00 bits per heavy atom. The monoisotopic (exact) mass is 347 g/mol. The maximum absolute atomic E-state index is 12.4. The Balaban J connectivity index is 1.59. The van der Waals surface area contributed by atoms with E-state index in [1.807, 2.05) is 47.5 Å². The summed E-state index contributed by atoms with van der Waals surface area (Å²) in [7, 11) is 1.63. The van der Waals surface area contributed by atoms with Crippen LogP contribution in [0.25, 0.3) is 0 Å². The average molecular weight is 347 g/mol. The molecule has 1 aliphatic rings. The van der Waals surface area contributed by atoms with E-state index in [2.05, 4.69) is 0 Å². The summed E-state index contributed by atoms with van der Waals surface area (Å²) in [6, 6.07) is 9.55. The van der Waals surface area contributed by atoms with Gasteiger partial charge in [0.05, 0.1) is 25.1 Å². The fourth-order valence-electron chi connectivity index (χ4n) is 2.64. The van der Waals surface area contributed by atoms with Gasteiger partial charge in [0.1, 0.15) is 12.7 Å². The highest BCUT2D eigenvalue weighted by Crippen LogP contribution is 2.28. The van der Waals surface area contributed by atoms with Crippen LogP contribution in [-0.4, -0.2) is 50.3 Å². The first-order chi connectivity index (χ1) is 11.7. The lowest BCUT2D eigenvalue weighted by molar-refractivity contribution is -0.0402. The van der Waals surface area contributed by atoms with Crippen molar-refractivity contribution in [2.24, 2.45) is 0 Å². The van der Waals surface area contributed by atoms with Crippen molar-refractivity contribution in [3.05, 3.63) is 46.2 Å². The van der Waals surface area contributed by atoms with Crippen LogP contribution >= 0.6 is 11.3 Å². The Morgan fingerprint density at radius 2 is 2.25 bits per heavy atom. The quantitative estimate of drug-likeness (QED) is 0.834. The number of benzene rings is 1. The van der Waals surface area contributed by atoms with Gasteiger partial charge in [0, 0.05) is 6.54 Å². The summed E-state index contributed by atoms with van der Waals surface area (Å²) in [4.78, 5) is 15.0. The molecule has 0 N–H and O–H groups in total. The molecule has 0 aliphatic carbocycles. The predicted molar refractivity (Wildman–Crippen MR) is 93.2 cm³/mol. The number of morpholine rings is 1. The lowest BCUT2D eigenvalue weighted by Gasteiger charge is -2.32. The molecular formula is C18H21NO4S. The summed E-state index contributed by atoms with van der Waals surface area (Å²) in [5.74, 6) is 1.46. The van der Waals surface area contributed by atoms with Crippen LogP contribution in [0.5, 0.6) is 11.5 Å². The van der Waals surface area contributed by atoms with Gasteiger partial charge < -0.3 is 19.1 Å². The molecule has 1 aromatic heterocycles. The SMILES string of the molecule is COc1cc(C)ccc1OCC1CN(C(=O)c2cccs2)CCO1. The van der Waals surface area contributed by atoms with Crippen LogP contribution < -0.4 is 9.47 Å². The van der Waals surface area contributed by atoms with Gasteiger partial charge in [-0.1, -0.05) is 12.1 Å². The van der Waals surface area contributed by atoms with Gasteiger partial charge in [0.25, 0.3) is 5.91 Å². The molecular weight excluding hydrogens is 326 g/mol. The number of rotatable bonds is 5. The van der Waals surface area contributed by atoms with Crippen LogP contribution in [0.4, 0.5) is 0 Å². The molecule has 3 rings (SSSR count). The Bertz CT molecular complexity index is 686. The van der Waals surface area contributed by atoms with Crippen molar-refractivity contribution >= 4 is 17.2 Å². The van der Waals surface area contributed by atoms with Gasteiger partial charge >= 0.3 is 0 Å².